The lowest BCUT2D eigenvalue weighted by molar-refractivity contribution is 0.239. The van der Waals surface area contributed by atoms with E-state index in [1.165, 1.54) is 0 Å². The fourth-order valence-corrected chi connectivity index (χ4v) is 4.43. The summed E-state index contributed by atoms with van der Waals surface area (Å²) in [6, 6.07) is 11.8. The van der Waals surface area contributed by atoms with Gasteiger partial charge in [0.1, 0.15) is 23.9 Å². The number of fused-ring (bicyclic) bond motifs is 1. The first-order valence-corrected chi connectivity index (χ1v) is 10.7. The van der Waals surface area contributed by atoms with Gasteiger partial charge in [0.15, 0.2) is 0 Å². The third-order valence-corrected chi connectivity index (χ3v) is 6.04. The number of pyridine rings is 1. The van der Waals surface area contributed by atoms with Crippen molar-refractivity contribution in [2.75, 3.05) is 28.6 Å². The molecule has 6 nitrogen and oxygen atoms in total. The van der Waals surface area contributed by atoms with Crippen molar-refractivity contribution in [3.05, 3.63) is 52.1 Å². The summed E-state index contributed by atoms with van der Waals surface area (Å²) >= 11 is 6.10. The highest BCUT2D eigenvalue weighted by Crippen LogP contribution is 2.32. The Morgan fingerprint density at radius 1 is 1.37 bits per heavy atom. The van der Waals surface area contributed by atoms with Crippen molar-refractivity contribution >= 4 is 35.0 Å². The minimum Gasteiger partial charge on any atom is -0.370 e. The standard InChI is InChI=1S/C23H26ClN5O/c1-14(2)20-4-3-9-29(20)22-15(12-25)5-8-21(28-22)26-13-17-10-16-11-18(24)6-7-19(16)27-23(17)30/h5-8,10-11,14,20,23,27,30H,3-4,9,13H2,1-2H3,(H,26,28). The first-order valence-electron chi connectivity index (χ1n) is 10.3. The molecule has 3 N–H and O–H groups in total. The topological polar surface area (TPSA) is 84.2 Å². The lowest BCUT2D eigenvalue weighted by Crippen LogP contribution is -2.34. The first kappa shape index (κ1) is 20.5. The molecule has 7 heteroatoms. The number of benzene rings is 1. The molecule has 2 aromatic rings. The average Bonchev–Trinajstić information content (AvgIpc) is 3.22. The van der Waals surface area contributed by atoms with E-state index < -0.39 is 6.23 Å². The molecular formula is C23H26ClN5O. The quantitative estimate of drug-likeness (QED) is 0.658. The van der Waals surface area contributed by atoms with Crippen LogP contribution in [0.15, 0.2) is 35.9 Å². The summed E-state index contributed by atoms with van der Waals surface area (Å²) in [4.78, 5) is 7.03. The minimum atomic E-state index is -0.784. The van der Waals surface area contributed by atoms with E-state index in [0.29, 0.717) is 34.9 Å². The van der Waals surface area contributed by atoms with Gasteiger partial charge in [0, 0.05) is 29.8 Å². The van der Waals surface area contributed by atoms with Crippen molar-refractivity contribution in [2.45, 2.75) is 39.0 Å². The van der Waals surface area contributed by atoms with Gasteiger partial charge in [-0.2, -0.15) is 5.26 Å². The van der Waals surface area contributed by atoms with Crippen LogP contribution in [0.3, 0.4) is 0 Å². The SMILES string of the molecule is CC(C)C1CCCN1c1nc(NCC2=Cc3cc(Cl)ccc3NC2O)ccc1C#N. The molecule has 30 heavy (non-hydrogen) atoms. The Balaban J connectivity index is 1.55. The molecule has 0 aliphatic carbocycles. The van der Waals surface area contributed by atoms with Crippen molar-refractivity contribution in [1.29, 1.82) is 5.26 Å². The molecule has 0 bridgehead atoms. The van der Waals surface area contributed by atoms with Crippen LogP contribution in [-0.2, 0) is 0 Å². The maximum atomic E-state index is 10.4. The Morgan fingerprint density at radius 2 is 2.20 bits per heavy atom. The number of rotatable bonds is 5. The predicted octanol–water partition coefficient (Wildman–Crippen LogP) is 4.47. The van der Waals surface area contributed by atoms with E-state index in [1.54, 1.807) is 6.07 Å². The van der Waals surface area contributed by atoms with E-state index in [9.17, 15) is 10.4 Å². The molecule has 2 atom stereocenters. The van der Waals surface area contributed by atoms with E-state index in [1.807, 2.05) is 30.3 Å². The van der Waals surface area contributed by atoms with Gasteiger partial charge in [-0.05, 0) is 66.3 Å². The maximum absolute atomic E-state index is 10.4. The van der Waals surface area contributed by atoms with Crippen LogP contribution in [-0.4, -0.2) is 35.4 Å². The first-order chi connectivity index (χ1) is 14.5. The van der Waals surface area contributed by atoms with Crippen LogP contribution in [0.2, 0.25) is 5.02 Å². The third kappa shape index (κ3) is 4.09. The Labute approximate surface area is 182 Å². The molecule has 3 heterocycles. The van der Waals surface area contributed by atoms with Crippen molar-refractivity contribution in [3.63, 3.8) is 0 Å². The molecule has 0 saturated carbocycles. The highest BCUT2D eigenvalue weighted by Gasteiger charge is 2.30. The molecule has 0 spiro atoms. The molecule has 1 saturated heterocycles. The smallest absolute Gasteiger partial charge is 0.149 e. The Morgan fingerprint density at radius 3 is 2.97 bits per heavy atom. The van der Waals surface area contributed by atoms with E-state index in [0.717, 1.165) is 42.0 Å². The molecule has 1 fully saturated rings. The van der Waals surface area contributed by atoms with Gasteiger partial charge in [-0.3, -0.25) is 0 Å². The van der Waals surface area contributed by atoms with Gasteiger partial charge in [0.2, 0.25) is 0 Å². The average molecular weight is 424 g/mol. The molecular weight excluding hydrogens is 398 g/mol. The molecule has 156 valence electrons. The maximum Gasteiger partial charge on any atom is 0.149 e. The van der Waals surface area contributed by atoms with Crippen LogP contribution >= 0.6 is 11.6 Å². The largest absolute Gasteiger partial charge is 0.370 e. The number of halogens is 1. The van der Waals surface area contributed by atoms with Gasteiger partial charge >= 0.3 is 0 Å². The summed E-state index contributed by atoms with van der Waals surface area (Å²) in [7, 11) is 0. The number of aliphatic hydroxyl groups excluding tert-OH is 1. The van der Waals surface area contributed by atoms with Gasteiger partial charge in [-0.25, -0.2) is 4.98 Å². The number of nitrogens with one attached hydrogen (secondary N) is 2. The summed E-state index contributed by atoms with van der Waals surface area (Å²) < 4.78 is 0. The number of hydrogen-bond acceptors (Lipinski definition) is 6. The zero-order valence-corrected chi connectivity index (χ0v) is 17.9. The zero-order chi connectivity index (χ0) is 21.3. The minimum absolute atomic E-state index is 0.396. The van der Waals surface area contributed by atoms with Gasteiger partial charge < -0.3 is 20.6 Å². The van der Waals surface area contributed by atoms with Crippen LogP contribution in [0.5, 0.6) is 0 Å². The van der Waals surface area contributed by atoms with E-state index in [2.05, 4.69) is 35.5 Å². The zero-order valence-electron chi connectivity index (χ0n) is 17.2. The molecule has 0 radical (unpaired) electrons. The van der Waals surface area contributed by atoms with Crippen LogP contribution in [0.25, 0.3) is 6.08 Å². The summed E-state index contributed by atoms with van der Waals surface area (Å²) in [6.45, 7) is 5.77. The molecule has 2 unspecified atom stereocenters. The van der Waals surface area contributed by atoms with Gasteiger partial charge in [-0.15, -0.1) is 0 Å². The second-order valence-electron chi connectivity index (χ2n) is 8.18. The number of nitrogens with zero attached hydrogens (tertiary/aromatic N) is 3. The number of anilines is 3. The normalized spacial score (nSPS) is 20.4. The number of aliphatic hydroxyl groups is 1. The monoisotopic (exact) mass is 423 g/mol. The van der Waals surface area contributed by atoms with Gasteiger partial charge in [0.25, 0.3) is 0 Å². The molecule has 0 amide bonds. The highest BCUT2D eigenvalue weighted by molar-refractivity contribution is 6.30. The number of nitriles is 1. The Hall–Kier alpha value is -2.75. The van der Waals surface area contributed by atoms with E-state index in [-0.39, 0.29) is 0 Å². The molecule has 1 aromatic carbocycles. The fourth-order valence-electron chi connectivity index (χ4n) is 4.25. The fraction of sp³-hybridized carbons (Fsp3) is 0.391. The van der Waals surface area contributed by atoms with Crippen LogP contribution in [0.1, 0.15) is 37.8 Å². The molecule has 2 aliphatic rings. The summed E-state index contributed by atoms with van der Waals surface area (Å²) in [5.41, 5.74) is 3.17. The lowest BCUT2D eigenvalue weighted by atomic mass is 10.0. The second kappa shape index (κ2) is 8.55. The van der Waals surface area contributed by atoms with Gasteiger partial charge in [0.05, 0.1) is 5.56 Å². The summed E-state index contributed by atoms with van der Waals surface area (Å²) in [5.74, 6) is 1.92. The van der Waals surface area contributed by atoms with Crippen LogP contribution < -0.4 is 15.5 Å². The van der Waals surface area contributed by atoms with E-state index >= 15 is 0 Å². The second-order valence-corrected chi connectivity index (χ2v) is 8.61. The van der Waals surface area contributed by atoms with Crippen molar-refractivity contribution in [2.24, 2.45) is 5.92 Å². The van der Waals surface area contributed by atoms with Gasteiger partial charge in [-0.1, -0.05) is 25.4 Å². The predicted molar refractivity (Wildman–Crippen MR) is 122 cm³/mol. The van der Waals surface area contributed by atoms with Crippen molar-refractivity contribution in [3.8, 4) is 6.07 Å². The summed E-state index contributed by atoms with van der Waals surface area (Å²) in [5, 5.41) is 27.1. The van der Waals surface area contributed by atoms with Crippen molar-refractivity contribution < 1.29 is 5.11 Å². The lowest BCUT2D eigenvalue weighted by Gasteiger charge is -2.29. The van der Waals surface area contributed by atoms with E-state index in [4.69, 9.17) is 16.6 Å². The number of hydrogen-bond donors (Lipinski definition) is 3. The molecule has 2 aliphatic heterocycles. The molecule has 4 rings (SSSR count). The Kier molecular flexibility index (Phi) is 5.85. The van der Waals surface area contributed by atoms with Crippen molar-refractivity contribution in [1.82, 2.24) is 4.98 Å². The highest BCUT2D eigenvalue weighted by atomic mass is 35.5. The number of aromatic nitrogens is 1. The molecule has 1 aromatic heterocycles. The van der Waals surface area contributed by atoms with Crippen LogP contribution in [0.4, 0.5) is 17.3 Å². The Bertz CT molecular complexity index is 1010. The van der Waals surface area contributed by atoms with Crippen LogP contribution in [0, 0.1) is 17.2 Å². The third-order valence-electron chi connectivity index (χ3n) is 5.81. The summed E-state index contributed by atoms with van der Waals surface area (Å²) in [6.07, 6.45) is 3.39.